The second-order valence-corrected chi connectivity index (χ2v) is 11.5. The molecule has 3 aromatic rings. The van der Waals surface area contributed by atoms with Gasteiger partial charge in [-0.3, -0.25) is 4.79 Å². The Kier molecular flexibility index (Phi) is 6.96. The number of carbonyl (C=O) groups is 1. The lowest BCUT2D eigenvalue weighted by molar-refractivity contribution is -0.119. The summed E-state index contributed by atoms with van der Waals surface area (Å²) in [6.07, 6.45) is 0.724. The van der Waals surface area contributed by atoms with Gasteiger partial charge in [0.05, 0.1) is 11.4 Å². The van der Waals surface area contributed by atoms with Crippen LogP contribution in [0.4, 0.5) is 5.69 Å². The third-order valence-electron chi connectivity index (χ3n) is 5.90. The number of hydrogen-bond acceptors (Lipinski definition) is 3. The number of halogens is 2. The van der Waals surface area contributed by atoms with Crippen molar-refractivity contribution >= 4 is 49.1 Å². The minimum Gasteiger partial charge on any atom is -0.308 e. The van der Waals surface area contributed by atoms with Crippen molar-refractivity contribution in [2.24, 2.45) is 0 Å². The zero-order valence-electron chi connectivity index (χ0n) is 18.3. The summed E-state index contributed by atoms with van der Waals surface area (Å²) in [6, 6.07) is 19.4. The molecule has 0 radical (unpaired) electrons. The molecule has 1 aliphatic heterocycles. The molecule has 0 aliphatic carbocycles. The average molecular weight is 548 g/mol. The molecule has 0 saturated heterocycles. The highest BCUT2D eigenvalue weighted by atomic mass is 79.9. The summed E-state index contributed by atoms with van der Waals surface area (Å²) in [7, 11) is -3.94. The summed E-state index contributed by atoms with van der Waals surface area (Å²) in [6.45, 7) is 3.74. The maximum atomic E-state index is 13.6. The molecule has 1 atom stereocenters. The molecular formula is C25H24BrClN2O3S. The number of nitrogens with zero attached hydrogens (tertiary/aromatic N) is 2. The lowest BCUT2D eigenvalue weighted by atomic mass is 10.1. The first-order chi connectivity index (χ1) is 15.7. The molecule has 172 valence electrons. The van der Waals surface area contributed by atoms with Gasteiger partial charge in [0.1, 0.15) is 0 Å². The van der Waals surface area contributed by atoms with Crippen LogP contribution in [-0.2, 0) is 27.8 Å². The van der Waals surface area contributed by atoms with Crippen molar-refractivity contribution in [3.63, 3.8) is 0 Å². The highest BCUT2D eigenvalue weighted by Gasteiger charge is 2.35. The normalized spacial score (nSPS) is 15.7. The number of amides is 1. The molecule has 0 unspecified atom stereocenters. The second-order valence-electron chi connectivity index (χ2n) is 8.24. The number of hydrogen-bond donors (Lipinski definition) is 0. The Hall–Kier alpha value is -2.19. The van der Waals surface area contributed by atoms with Gasteiger partial charge in [0.15, 0.2) is 0 Å². The van der Waals surface area contributed by atoms with E-state index in [0.717, 1.165) is 33.3 Å². The van der Waals surface area contributed by atoms with E-state index in [1.807, 2.05) is 56.3 Å². The molecule has 0 fully saturated rings. The van der Waals surface area contributed by atoms with Crippen LogP contribution >= 0.6 is 27.5 Å². The van der Waals surface area contributed by atoms with Crippen LogP contribution < -0.4 is 4.90 Å². The van der Waals surface area contributed by atoms with Gasteiger partial charge in [0, 0.05) is 27.8 Å². The third-order valence-corrected chi connectivity index (χ3v) is 8.45. The number of aryl methyl sites for hydroxylation is 1. The highest BCUT2D eigenvalue weighted by Crippen LogP contribution is 2.34. The van der Waals surface area contributed by atoms with Crippen molar-refractivity contribution in [2.75, 3.05) is 11.4 Å². The topological polar surface area (TPSA) is 57.7 Å². The van der Waals surface area contributed by atoms with E-state index in [4.69, 9.17) is 11.6 Å². The van der Waals surface area contributed by atoms with E-state index in [0.29, 0.717) is 5.02 Å². The molecule has 0 saturated carbocycles. The summed E-state index contributed by atoms with van der Waals surface area (Å²) in [5.74, 6) is -0.255. The Morgan fingerprint density at radius 3 is 2.52 bits per heavy atom. The lowest BCUT2D eigenvalue weighted by Gasteiger charge is -2.28. The fourth-order valence-electron chi connectivity index (χ4n) is 4.17. The molecule has 4 rings (SSSR count). The van der Waals surface area contributed by atoms with Crippen LogP contribution in [0.15, 0.2) is 76.1 Å². The number of anilines is 1. The Balaban J connectivity index is 1.69. The Morgan fingerprint density at radius 1 is 1.12 bits per heavy atom. The fraction of sp³-hybridized carbons (Fsp3) is 0.240. The number of carbonyl (C=O) groups excluding carboxylic acids is 1. The fourth-order valence-corrected chi connectivity index (χ4v) is 6.07. The number of rotatable bonds is 6. The predicted octanol–water partition coefficient (Wildman–Crippen LogP) is 5.58. The summed E-state index contributed by atoms with van der Waals surface area (Å²) >= 11 is 9.45. The molecule has 0 aromatic heterocycles. The maximum Gasteiger partial charge on any atom is 0.243 e. The van der Waals surface area contributed by atoms with Crippen LogP contribution in [0, 0.1) is 6.92 Å². The van der Waals surface area contributed by atoms with Crippen LogP contribution in [0.2, 0.25) is 5.02 Å². The van der Waals surface area contributed by atoms with Gasteiger partial charge in [-0.25, -0.2) is 8.42 Å². The van der Waals surface area contributed by atoms with Crippen LogP contribution in [0.25, 0.3) is 0 Å². The lowest BCUT2D eigenvalue weighted by Crippen LogP contribution is -2.44. The highest BCUT2D eigenvalue weighted by molar-refractivity contribution is 9.10. The van der Waals surface area contributed by atoms with E-state index < -0.39 is 10.0 Å². The zero-order chi connectivity index (χ0) is 23.8. The first kappa shape index (κ1) is 24.0. The molecule has 1 heterocycles. The molecule has 0 N–H and O–H groups in total. The van der Waals surface area contributed by atoms with Crippen molar-refractivity contribution in [1.82, 2.24) is 4.31 Å². The van der Waals surface area contributed by atoms with E-state index in [-0.39, 0.29) is 29.9 Å². The van der Waals surface area contributed by atoms with E-state index in [1.54, 1.807) is 17.0 Å². The van der Waals surface area contributed by atoms with Crippen molar-refractivity contribution in [1.29, 1.82) is 0 Å². The van der Waals surface area contributed by atoms with Gasteiger partial charge in [-0.2, -0.15) is 4.31 Å². The molecule has 5 nitrogen and oxygen atoms in total. The van der Waals surface area contributed by atoms with Crippen molar-refractivity contribution in [3.05, 3.63) is 92.9 Å². The molecule has 1 amide bonds. The van der Waals surface area contributed by atoms with E-state index in [1.165, 1.54) is 16.4 Å². The Bertz CT molecular complexity index is 1300. The van der Waals surface area contributed by atoms with Crippen LogP contribution in [-0.4, -0.2) is 31.2 Å². The van der Waals surface area contributed by atoms with Crippen molar-refractivity contribution < 1.29 is 13.2 Å². The van der Waals surface area contributed by atoms with E-state index in [9.17, 15) is 13.2 Å². The summed E-state index contributed by atoms with van der Waals surface area (Å²) in [5.41, 5.74) is 3.71. The summed E-state index contributed by atoms with van der Waals surface area (Å²) < 4.78 is 29.4. The maximum absolute atomic E-state index is 13.6. The summed E-state index contributed by atoms with van der Waals surface area (Å²) in [4.78, 5) is 15.3. The zero-order valence-corrected chi connectivity index (χ0v) is 21.5. The summed E-state index contributed by atoms with van der Waals surface area (Å²) in [5, 5.41) is 0.448. The van der Waals surface area contributed by atoms with Gasteiger partial charge in [-0.1, -0.05) is 51.8 Å². The van der Waals surface area contributed by atoms with Crippen LogP contribution in [0.1, 0.15) is 23.6 Å². The minimum atomic E-state index is -3.94. The van der Waals surface area contributed by atoms with Crippen LogP contribution in [0.3, 0.4) is 0 Å². The van der Waals surface area contributed by atoms with Gasteiger partial charge in [-0.05, 0) is 79.4 Å². The predicted molar refractivity (Wildman–Crippen MR) is 135 cm³/mol. The molecular weight excluding hydrogens is 524 g/mol. The molecule has 0 spiro atoms. The number of fused-ring (bicyclic) bond motifs is 1. The first-order valence-electron chi connectivity index (χ1n) is 10.6. The van der Waals surface area contributed by atoms with Crippen molar-refractivity contribution in [3.8, 4) is 0 Å². The average Bonchev–Trinajstić information content (AvgIpc) is 3.09. The Morgan fingerprint density at radius 2 is 1.82 bits per heavy atom. The quantitative estimate of drug-likeness (QED) is 0.405. The molecule has 1 aliphatic rings. The standard InChI is InChI=1S/C25H24BrClN2O3S/c1-17-5-3-4-6-19(17)15-28(33(31,32)23-10-8-22(27)9-11-23)16-25(30)29-18(2)13-20-14-21(26)7-12-24(20)29/h3-12,14,18H,13,15-16H2,1-2H3/t18-/m0/s1. The van der Waals surface area contributed by atoms with Gasteiger partial charge in [0.2, 0.25) is 15.9 Å². The number of benzene rings is 3. The SMILES string of the molecule is Cc1ccccc1CN(CC(=O)N1c2ccc(Br)cc2C[C@@H]1C)S(=O)(=O)c1ccc(Cl)cc1. The molecule has 3 aromatic carbocycles. The van der Waals surface area contributed by atoms with Crippen molar-refractivity contribution in [2.45, 2.75) is 37.8 Å². The molecule has 0 bridgehead atoms. The largest absolute Gasteiger partial charge is 0.308 e. The molecule has 33 heavy (non-hydrogen) atoms. The first-order valence-corrected chi connectivity index (χ1v) is 13.2. The van der Waals surface area contributed by atoms with E-state index in [2.05, 4.69) is 15.9 Å². The van der Waals surface area contributed by atoms with Gasteiger partial charge in [-0.15, -0.1) is 0 Å². The van der Waals surface area contributed by atoms with Gasteiger partial charge >= 0.3 is 0 Å². The Labute approximate surface area is 208 Å². The third kappa shape index (κ3) is 5.01. The molecule has 8 heteroatoms. The minimum absolute atomic E-state index is 0.0552. The second kappa shape index (κ2) is 9.58. The van der Waals surface area contributed by atoms with E-state index >= 15 is 0 Å². The smallest absolute Gasteiger partial charge is 0.243 e. The van der Waals surface area contributed by atoms with Gasteiger partial charge in [0.25, 0.3) is 0 Å². The van der Waals surface area contributed by atoms with Gasteiger partial charge < -0.3 is 4.90 Å². The number of sulfonamides is 1. The monoisotopic (exact) mass is 546 g/mol. The van der Waals surface area contributed by atoms with Crippen LogP contribution in [0.5, 0.6) is 0 Å².